The van der Waals surface area contributed by atoms with E-state index in [2.05, 4.69) is 4.90 Å². The van der Waals surface area contributed by atoms with Gasteiger partial charge in [0.05, 0.1) is 11.4 Å². The number of sulfonamides is 1. The van der Waals surface area contributed by atoms with E-state index >= 15 is 0 Å². The highest BCUT2D eigenvalue weighted by molar-refractivity contribution is 7.92. The quantitative estimate of drug-likeness (QED) is 0.745. The largest absolute Gasteiger partial charge is 0.368 e. The monoisotopic (exact) mass is 433 g/mol. The summed E-state index contributed by atoms with van der Waals surface area (Å²) < 4.78 is 26.0. The van der Waals surface area contributed by atoms with E-state index in [4.69, 9.17) is 11.6 Å². The predicted molar refractivity (Wildman–Crippen MR) is 116 cm³/mol. The van der Waals surface area contributed by atoms with Crippen LogP contribution in [0.4, 0.5) is 11.4 Å². The first kappa shape index (κ1) is 20.0. The number of carbonyl (C=O) groups is 1. The van der Waals surface area contributed by atoms with Gasteiger partial charge in [-0.2, -0.15) is 0 Å². The average molecular weight is 434 g/mol. The Morgan fingerprint density at radius 1 is 0.862 bits per heavy atom. The minimum Gasteiger partial charge on any atom is -0.368 e. The van der Waals surface area contributed by atoms with E-state index in [0.29, 0.717) is 42.3 Å². The van der Waals surface area contributed by atoms with Gasteiger partial charge in [-0.05, 0) is 55.3 Å². The van der Waals surface area contributed by atoms with Crippen LogP contribution in [-0.2, 0) is 10.0 Å². The number of amides is 1. The highest BCUT2D eigenvalue weighted by atomic mass is 35.5. The summed E-state index contributed by atoms with van der Waals surface area (Å²) >= 11 is 6.08. The van der Waals surface area contributed by atoms with Crippen molar-refractivity contribution in [2.75, 3.05) is 47.7 Å². The summed E-state index contributed by atoms with van der Waals surface area (Å²) in [5, 5.41) is 0.705. The molecule has 0 aliphatic carbocycles. The lowest BCUT2D eigenvalue weighted by Gasteiger charge is -2.36. The van der Waals surface area contributed by atoms with Crippen LogP contribution in [0.5, 0.6) is 0 Å². The molecule has 4 rings (SSSR count). The molecule has 2 saturated heterocycles. The summed E-state index contributed by atoms with van der Waals surface area (Å²) in [7, 11) is -3.24. The number of halogens is 1. The van der Waals surface area contributed by atoms with Crippen LogP contribution in [0.15, 0.2) is 48.5 Å². The zero-order chi connectivity index (χ0) is 20.4. The average Bonchev–Trinajstić information content (AvgIpc) is 2.73. The summed E-state index contributed by atoms with van der Waals surface area (Å²) in [6.07, 6.45) is 1.56. The molecule has 0 saturated carbocycles. The maximum Gasteiger partial charge on any atom is 0.253 e. The third-order valence-corrected chi connectivity index (χ3v) is 7.60. The number of piperazine rings is 1. The molecule has 0 radical (unpaired) electrons. The Labute approximate surface area is 176 Å². The summed E-state index contributed by atoms with van der Waals surface area (Å²) in [5.74, 6) is 0.161. The Balaban J connectivity index is 1.40. The van der Waals surface area contributed by atoms with Crippen molar-refractivity contribution in [1.82, 2.24) is 4.90 Å². The lowest BCUT2D eigenvalue weighted by molar-refractivity contribution is 0.0747. The molecule has 6 nitrogen and oxygen atoms in total. The first-order valence-electron chi connectivity index (χ1n) is 9.84. The molecule has 0 spiro atoms. The standard InChI is InChI=1S/C21H24ClN3O3S/c22-18-4-3-5-20(16-18)23-11-13-24(14-12-23)21(26)17-6-8-19(9-7-17)25-10-1-2-15-29(25,27)28/h3-9,16H,1-2,10-15H2. The zero-order valence-corrected chi connectivity index (χ0v) is 17.7. The van der Waals surface area contributed by atoms with E-state index in [1.807, 2.05) is 29.2 Å². The van der Waals surface area contributed by atoms with Crippen LogP contribution >= 0.6 is 11.6 Å². The van der Waals surface area contributed by atoms with Gasteiger partial charge in [0.25, 0.3) is 5.91 Å². The molecule has 0 N–H and O–H groups in total. The van der Waals surface area contributed by atoms with Gasteiger partial charge >= 0.3 is 0 Å². The van der Waals surface area contributed by atoms with Gasteiger partial charge in [0.1, 0.15) is 0 Å². The lowest BCUT2D eigenvalue weighted by Crippen LogP contribution is -2.48. The van der Waals surface area contributed by atoms with E-state index in [9.17, 15) is 13.2 Å². The van der Waals surface area contributed by atoms with Gasteiger partial charge in [0.2, 0.25) is 10.0 Å². The molecule has 154 valence electrons. The molecule has 0 atom stereocenters. The predicted octanol–water partition coefficient (Wildman–Crippen LogP) is 3.23. The van der Waals surface area contributed by atoms with Crippen LogP contribution in [-0.4, -0.2) is 57.7 Å². The summed E-state index contributed by atoms with van der Waals surface area (Å²) in [6, 6.07) is 14.7. The van der Waals surface area contributed by atoms with Crippen LogP contribution in [0.1, 0.15) is 23.2 Å². The van der Waals surface area contributed by atoms with Crippen molar-refractivity contribution < 1.29 is 13.2 Å². The Morgan fingerprint density at radius 3 is 2.24 bits per heavy atom. The highest BCUT2D eigenvalue weighted by Gasteiger charge is 2.27. The van der Waals surface area contributed by atoms with Crippen molar-refractivity contribution in [3.05, 3.63) is 59.1 Å². The topological polar surface area (TPSA) is 60.9 Å². The number of nitrogens with zero attached hydrogens (tertiary/aromatic N) is 3. The van der Waals surface area contributed by atoms with E-state index in [-0.39, 0.29) is 11.7 Å². The highest BCUT2D eigenvalue weighted by Crippen LogP contribution is 2.25. The Bertz CT molecular complexity index is 986. The van der Waals surface area contributed by atoms with Crippen molar-refractivity contribution in [2.24, 2.45) is 0 Å². The van der Waals surface area contributed by atoms with E-state index < -0.39 is 10.0 Å². The third-order valence-electron chi connectivity index (χ3n) is 5.49. The molecule has 2 aromatic rings. The molecule has 0 aromatic heterocycles. The molecular weight excluding hydrogens is 410 g/mol. The Kier molecular flexibility index (Phi) is 5.69. The number of carbonyl (C=O) groups excluding carboxylic acids is 1. The first-order valence-corrected chi connectivity index (χ1v) is 11.8. The molecule has 1 amide bonds. The fourth-order valence-electron chi connectivity index (χ4n) is 3.87. The van der Waals surface area contributed by atoms with Gasteiger partial charge in [0, 0.05) is 49.0 Å². The zero-order valence-electron chi connectivity index (χ0n) is 16.1. The summed E-state index contributed by atoms with van der Waals surface area (Å²) in [5.41, 5.74) is 2.28. The maximum atomic E-state index is 12.9. The molecular formula is C21H24ClN3O3S. The van der Waals surface area contributed by atoms with E-state index in [1.165, 1.54) is 4.31 Å². The van der Waals surface area contributed by atoms with E-state index in [0.717, 1.165) is 25.2 Å². The minimum atomic E-state index is -3.24. The second kappa shape index (κ2) is 8.24. The fraction of sp³-hybridized carbons (Fsp3) is 0.381. The van der Waals surface area contributed by atoms with Crippen molar-refractivity contribution in [3.63, 3.8) is 0 Å². The normalized spacial score (nSPS) is 19.3. The first-order chi connectivity index (χ1) is 13.9. The number of hydrogen-bond acceptors (Lipinski definition) is 4. The molecule has 0 bridgehead atoms. The number of rotatable bonds is 3. The van der Waals surface area contributed by atoms with E-state index in [1.54, 1.807) is 24.3 Å². The molecule has 2 heterocycles. The SMILES string of the molecule is O=C(c1ccc(N2CCCCS2(=O)=O)cc1)N1CCN(c2cccc(Cl)c2)CC1. The third kappa shape index (κ3) is 4.36. The van der Waals surface area contributed by atoms with Gasteiger partial charge in [-0.3, -0.25) is 9.10 Å². The van der Waals surface area contributed by atoms with Gasteiger partial charge in [-0.25, -0.2) is 8.42 Å². The number of benzene rings is 2. The van der Waals surface area contributed by atoms with Crippen molar-refractivity contribution in [3.8, 4) is 0 Å². The van der Waals surface area contributed by atoms with Gasteiger partial charge < -0.3 is 9.80 Å². The molecule has 29 heavy (non-hydrogen) atoms. The van der Waals surface area contributed by atoms with Crippen LogP contribution < -0.4 is 9.21 Å². The summed E-state index contributed by atoms with van der Waals surface area (Å²) in [6.45, 7) is 3.26. The van der Waals surface area contributed by atoms with Crippen LogP contribution in [0.3, 0.4) is 0 Å². The molecule has 2 fully saturated rings. The van der Waals surface area contributed by atoms with Crippen LogP contribution in [0, 0.1) is 0 Å². The fourth-order valence-corrected chi connectivity index (χ4v) is 5.70. The summed E-state index contributed by atoms with van der Waals surface area (Å²) in [4.78, 5) is 16.9. The molecule has 2 aromatic carbocycles. The van der Waals surface area contributed by atoms with Gasteiger partial charge in [-0.15, -0.1) is 0 Å². The van der Waals surface area contributed by atoms with Gasteiger partial charge in [-0.1, -0.05) is 17.7 Å². The molecule has 0 unspecified atom stereocenters. The van der Waals surface area contributed by atoms with Crippen LogP contribution in [0.2, 0.25) is 5.02 Å². The molecule has 2 aliphatic heterocycles. The Morgan fingerprint density at radius 2 is 1.59 bits per heavy atom. The lowest BCUT2D eigenvalue weighted by atomic mass is 10.1. The van der Waals surface area contributed by atoms with Crippen molar-refractivity contribution in [1.29, 1.82) is 0 Å². The smallest absolute Gasteiger partial charge is 0.253 e. The second-order valence-corrected chi connectivity index (χ2v) is 9.85. The van der Waals surface area contributed by atoms with Crippen molar-refractivity contribution >= 4 is 38.9 Å². The number of hydrogen-bond donors (Lipinski definition) is 0. The molecule has 2 aliphatic rings. The maximum absolute atomic E-state index is 12.9. The minimum absolute atomic E-state index is 0.0243. The number of anilines is 2. The van der Waals surface area contributed by atoms with Crippen molar-refractivity contribution in [2.45, 2.75) is 12.8 Å². The second-order valence-electron chi connectivity index (χ2n) is 7.40. The van der Waals surface area contributed by atoms with Crippen LogP contribution in [0.25, 0.3) is 0 Å². The molecule has 8 heteroatoms. The Hall–Kier alpha value is -2.25. The van der Waals surface area contributed by atoms with Gasteiger partial charge in [0.15, 0.2) is 0 Å².